The van der Waals surface area contributed by atoms with E-state index in [1.165, 1.54) is 6.92 Å². The van der Waals surface area contributed by atoms with Gasteiger partial charge in [0.25, 0.3) is 0 Å². The largest absolute Gasteiger partial charge is 0.543 e. The van der Waals surface area contributed by atoms with Crippen LogP contribution in [-0.2, 0) is 16.0 Å². The van der Waals surface area contributed by atoms with Gasteiger partial charge in [0.1, 0.15) is 5.75 Å². The van der Waals surface area contributed by atoms with E-state index < -0.39 is 8.32 Å². The average molecular weight is 294 g/mol. The normalized spacial score (nSPS) is 12.1. The molecule has 0 amide bonds. The first-order valence-electron chi connectivity index (χ1n) is 7.03. The molecule has 20 heavy (non-hydrogen) atoms. The fraction of sp³-hybridized carbons (Fsp3) is 0.562. The lowest BCUT2D eigenvalue weighted by atomic mass is 10.1. The Balaban J connectivity index is 2.71. The summed E-state index contributed by atoms with van der Waals surface area (Å²) in [4.78, 5) is 10.8. The van der Waals surface area contributed by atoms with Gasteiger partial charge in [-0.15, -0.1) is 0 Å². The van der Waals surface area contributed by atoms with Crippen molar-refractivity contribution < 1.29 is 14.0 Å². The molecule has 0 aliphatic heterocycles. The molecule has 0 heterocycles. The van der Waals surface area contributed by atoms with Crippen LogP contribution in [0.2, 0.25) is 18.1 Å². The van der Waals surface area contributed by atoms with E-state index in [1.807, 2.05) is 24.3 Å². The minimum absolute atomic E-state index is 0.181. The van der Waals surface area contributed by atoms with Gasteiger partial charge in [-0.25, -0.2) is 0 Å². The van der Waals surface area contributed by atoms with Gasteiger partial charge in [-0.05, 0) is 35.8 Å². The molecule has 0 atom stereocenters. The van der Waals surface area contributed by atoms with Crippen molar-refractivity contribution in [3.8, 4) is 5.75 Å². The highest BCUT2D eigenvalue weighted by atomic mass is 28.4. The summed E-state index contributed by atoms with van der Waals surface area (Å²) in [6.07, 6.45) is 0.717. The molecule has 0 saturated heterocycles. The van der Waals surface area contributed by atoms with Crippen LogP contribution in [0.25, 0.3) is 0 Å². The van der Waals surface area contributed by atoms with E-state index in [4.69, 9.17) is 9.16 Å². The van der Waals surface area contributed by atoms with E-state index in [2.05, 4.69) is 33.9 Å². The van der Waals surface area contributed by atoms with E-state index in [9.17, 15) is 4.79 Å². The van der Waals surface area contributed by atoms with Crippen LogP contribution in [0.3, 0.4) is 0 Å². The van der Waals surface area contributed by atoms with Crippen molar-refractivity contribution in [2.75, 3.05) is 6.61 Å². The Morgan fingerprint density at radius 2 is 1.90 bits per heavy atom. The van der Waals surface area contributed by atoms with Crippen molar-refractivity contribution in [2.45, 2.75) is 52.2 Å². The number of hydrogen-bond donors (Lipinski definition) is 0. The average Bonchev–Trinajstić information content (AvgIpc) is 2.26. The SMILES string of the molecule is CC(=O)OCCc1cccc(O[Si](C)(C)C(C)(C)C)c1. The quantitative estimate of drug-likeness (QED) is 0.604. The number of esters is 1. The number of hydrogen-bond acceptors (Lipinski definition) is 3. The number of carbonyl (C=O) groups is 1. The van der Waals surface area contributed by atoms with Crippen LogP contribution in [0, 0.1) is 0 Å². The molecule has 0 aliphatic rings. The molecule has 0 unspecified atom stereocenters. The van der Waals surface area contributed by atoms with E-state index in [0.29, 0.717) is 13.0 Å². The zero-order chi connectivity index (χ0) is 15.4. The van der Waals surface area contributed by atoms with Gasteiger partial charge in [0.15, 0.2) is 0 Å². The lowest BCUT2D eigenvalue weighted by molar-refractivity contribution is -0.140. The maximum Gasteiger partial charge on any atom is 0.302 e. The van der Waals surface area contributed by atoms with Crippen molar-refractivity contribution in [2.24, 2.45) is 0 Å². The Labute approximate surface area is 123 Å². The molecular formula is C16H26O3Si. The molecule has 0 radical (unpaired) electrons. The third kappa shape index (κ3) is 5.00. The van der Waals surface area contributed by atoms with Gasteiger partial charge in [-0.2, -0.15) is 0 Å². The first-order chi connectivity index (χ1) is 9.12. The summed E-state index contributed by atoms with van der Waals surface area (Å²) in [6.45, 7) is 13.0. The van der Waals surface area contributed by atoms with Crippen LogP contribution in [0.4, 0.5) is 0 Å². The third-order valence-corrected chi connectivity index (χ3v) is 8.13. The van der Waals surface area contributed by atoms with Crippen LogP contribution >= 0.6 is 0 Å². The molecule has 0 fully saturated rings. The van der Waals surface area contributed by atoms with E-state index in [0.717, 1.165) is 11.3 Å². The molecule has 112 valence electrons. The first kappa shape index (κ1) is 16.8. The highest BCUT2D eigenvalue weighted by Crippen LogP contribution is 2.37. The smallest absolute Gasteiger partial charge is 0.302 e. The molecule has 0 bridgehead atoms. The highest BCUT2D eigenvalue weighted by molar-refractivity contribution is 6.74. The predicted molar refractivity (Wildman–Crippen MR) is 84.6 cm³/mol. The van der Waals surface area contributed by atoms with Crippen LogP contribution in [0.1, 0.15) is 33.3 Å². The highest BCUT2D eigenvalue weighted by Gasteiger charge is 2.38. The third-order valence-electron chi connectivity index (χ3n) is 3.77. The first-order valence-corrected chi connectivity index (χ1v) is 9.94. The van der Waals surface area contributed by atoms with Gasteiger partial charge < -0.3 is 9.16 Å². The van der Waals surface area contributed by atoms with E-state index in [1.54, 1.807) is 0 Å². The Morgan fingerprint density at radius 3 is 2.45 bits per heavy atom. The molecule has 1 aromatic rings. The molecule has 3 nitrogen and oxygen atoms in total. The fourth-order valence-electron chi connectivity index (χ4n) is 1.52. The molecule has 0 saturated carbocycles. The van der Waals surface area contributed by atoms with Crippen LogP contribution in [0.5, 0.6) is 5.75 Å². The van der Waals surface area contributed by atoms with Gasteiger partial charge in [-0.3, -0.25) is 4.79 Å². The standard InChI is InChI=1S/C16H26O3Si/c1-13(17)18-11-10-14-8-7-9-15(12-14)19-20(5,6)16(2,3)4/h7-9,12H,10-11H2,1-6H3. The molecule has 4 heteroatoms. The van der Waals surface area contributed by atoms with Gasteiger partial charge in [0.05, 0.1) is 6.61 Å². The summed E-state index contributed by atoms with van der Waals surface area (Å²) >= 11 is 0. The van der Waals surface area contributed by atoms with Crippen molar-refractivity contribution in [3.05, 3.63) is 29.8 Å². The number of ether oxygens (including phenoxy) is 1. The number of benzene rings is 1. The Morgan fingerprint density at radius 1 is 1.25 bits per heavy atom. The minimum Gasteiger partial charge on any atom is -0.543 e. The summed E-state index contributed by atoms with van der Waals surface area (Å²) in [6, 6.07) is 8.06. The maximum absolute atomic E-state index is 10.8. The number of rotatable bonds is 5. The molecule has 1 rings (SSSR count). The van der Waals surface area contributed by atoms with E-state index in [-0.39, 0.29) is 11.0 Å². The topological polar surface area (TPSA) is 35.5 Å². The van der Waals surface area contributed by atoms with Gasteiger partial charge in [0.2, 0.25) is 8.32 Å². The van der Waals surface area contributed by atoms with Crippen molar-refractivity contribution >= 4 is 14.3 Å². The van der Waals surface area contributed by atoms with Gasteiger partial charge in [-0.1, -0.05) is 32.9 Å². The fourth-order valence-corrected chi connectivity index (χ4v) is 2.55. The molecule has 1 aromatic carbocycles. The Kier molecular flexibility index (Phi) is 5.40. The second-order valence-electron chi connectivity index (χ2n) is 6.60. The minimum atomic E-state index is -1.80. The predicted octanol–water partition coefficient (Wildman–Crippen LogP) is 4.18. The van der Waals surface area contributed by atoms with Gasteiger partial charge >= 0.3 is 5.97 Å². The maximum atomic E-state index is 10.8. The van der Waals surface area contributed by atoms with Crippen LogP contribution in [0.15, 0.2) is 24.3 Å². The van der Waals surface area contributed by atoms with Crippen molar-refractivity contribution in [3.63, 3.8) is 0 Å². The molecule has 0 N–H and O–H groups in total. The summed E-state index contributed by atoms with van der Waals surface area (Å²) in [5.41, 5.74) is 1.13. The lowest BCUT2D eigenvalue weighted by Gasteiger charge is -2.36. The summed E-state index contributed by atoms with van der Waals surface area (Å²) < 4.78 is 11.2. The second kappa shape index (κ2) is 6.44. The molecule has 0 aliphatic carbocycles. The molecule has 0 aromatic heterocycles. The number of carbonyl (C=O) groups excluding carboxylic acids is 1. The van der Waals surface area contributed by atoms with Gasteiger partial charge in [0, 0.05) is 13.3 Å². The zero-order valence-corrected chi connectivity index (χ0v) is 14.4. The Bertz CT molecular complexity index is 461. The van der Waals surface area contributed by atoms with Crippen LogP contribution in [-0.4, -0.2) is 20.9 Å². The Hall–Kier alpha value is -1.29. The summed E-state index contributed by atoms with van der Waals surface area (Å²) in [5, 5.41) is 0.181. The van der Waals surface area contributed by atoms with Crippen molar-refractivity contribution in [1.29, 1.82) is 0 Å². The molecule has 0 spiro atoms. The zero-order valence-electron chi connectivity index (χ0n) is 13.4. The van der Waals surface area contributed by atoms with Crippen molar-refractivity contribution in [1.82, 2.24) is 0 Å². The lowest BCUT2D eigenvalue weighted by Crippen LogP contribution is -2.43. The summed E-state index contributed by atoms with van der Waals surface area (Å²) in [7, 11) is -1.80. The monoisotopic (exact) mass is 294 g/mol. The second-order valence-corrected chi connectivity index (χ2v) is 11.3. The summed E-state index contributed by atoms with van der Waals surface area (Å²) in [5.74, 6) is 0.676. The van der Waals surface area contributed by atoms with Crippen LogP contribution < -0.4 is 4.43 Å². The molecular weight excluding hydrogens is 268 g/mol. The van der Waals surface area contributed by atoms with E-state index >= 15 is 0 Å².